The third kappa shape index (κ3) is 4.18. The van der Waals surface area contributed by atoms with E-state index in [0.717, 1.165) is 16.8 Å². The van der Waals surface area contributed by atoms with Crippen LogP contribution in [0.25, 0.3) is 22.0 Å². The zero-order valence-corrected chi connectivity index (χ0v) is 16.7. The van der Waals surface area contributed by atoms with Gasteiger partial charge in [-0.3, -0.25) is 0 Å². The van der Waals surface area contributed by atoms with Crippen LogP contribution in [0.15, 0.2) is 48.7 Å². The van der Waals surface area contributed by atoms with E-state index >= 15 is 0 Å². The molecule has 0 saturated heterocycles. The van der Waals surface area contributed by atoms with E-state index in [0.29, 0.717) is 0 Å². The number of rotatable bonds is 4. The molecule has 3 aromatic rings. The molecule has 0 radical (unpaired) electrons. The van der Waals surface area contributed by atoms with Crippen LogP contribution in [-0.2, 0) is 12.7 Å². The van der Waals surface area contributed by atoms with Gasteiger partial charge in [-0.05, 0) is 36.1 Å². The number of hydrogen-bond acceptors (Lipinski definition) is 1. The Balaban J connectivity index is 1.90. The van der Waals surface area contributed by atoms with E-state index in [1.54, 1.807) is 0 Å². The summed E-state index contributed by atoms with van der Waals surface area (Å²) in [5.41, 5.74) is 1.57. The second-order valence-corrected chi connectivity index (χ2v) is 8.28. The molecule has 0 bridgehead atoms. The molecule has 178 valence electrons. The van der Waals surface area contributed by atoms with Gasteiger partial charge in [0.05, 0.1) is 11.0 Å². The van der Waals surface area contributed by atoms with E-state index in [2.05, 4.69) is 0 Å². The highest BCUT2D eigenvalue weighted by atomic mass is 19.4. The normalized spacial score (nSPS) is 17.4. The molecule has 1 heterocycles. The van der Waals surface area contributed by atoms with Gasteiger partial charge < -0.3 is 10.3 Å². The van der Waals surface area contributed by atoms with Gasteiger partial charge in [-0.2, -0.15) is 39.5 Å². The summed E-state index contributed by atoms with van der Waals surface area (Å²) in [4.78, 5) is 0. The van der Waals surface area contributed by atoms with Crippen molar-refractivity contribution in [2.75, 3.05) is 0 Å². The van der Waals surface area contributed by atoms with Crippen LogP contribution in [0.1, 0.15) is 30.0 Å². The fourth-order valence-corrected chi connectivity index (χ4v) is 4.03. The summed E-state index contributed by atoms with van der Waals surface area (Å²) in [6.45, 7) is -0.651. The molecule has 0 spiro atoms. The molecule has 1 saturated carbocycles. The van der Waals surface area contributed by atoms with E-state index < -0.39 is 47.7 Å². The SMILES string of the molecule is N[C@@H](c1cn(CC2(C(F)(F)F)CC2)c2cc(-c3ccccc3C(F)(F)F)ccc12)C(F)(F)F. The zero-order chi connectivity index (χ0) is 24.4. The Morgan fingerprint density at radius 1 is 0.909 bits per heavy atom. The first-order valence-electron chi connectivity index (χ1n) is 9.82. The fourth-order valence-electron chi connectivity index (χ4n) is 4.03. The summed E-state index contributed by atoms with van der Waals surface area (Å²) in [7, 11) is 0. The van der Waals surface area contributed by atoms with Gasteiger partial charge in [0.15, 0.2) is 0 Å². The molecule has 0 unspecified atom stereocenters. The fraction of sp³-hybridized carbons (Fsp3) is 0.364. The third-order valence-electron chi connectivity index (χ3n) is 6.07. The van der Waals surface area contributed by atoms with Crippen molar-refractivity contribution in [2.24, 2.45) is 11.1 Å². The lowest BCUT2D eigenvalue weighted by molar-refractivity contribution is -0.190. The lowest BCUT2D eigenvalue weighted by Crippen LogP contribution is -2.29. The summed E-state index contributed by atoms with van der Waals surface area (Å²) in [5.74, 6) is 0. The number of halogens is 9. The van der Waals surface area contributed by atoms with Crippen molar-refractivity contribution < 1.29 is 39.5 Å². The van der Waals surface area contributed by atoms with Crippen molar-refractivity contribution in [3.63, 3.8) is 0 Å². The number of nitrogens with zero attached hydrogens (tertiary/aromatic N) is 1. The molecule has 2 N–H and O–H groups in total. The predicted molar refractivity (Wildman–Crippen MR) is 103 cm³/mol. The molecule has 1 atom stereocenters. The molecule has 0 amide bonds. The van der Waals surface area contributed by atoms with Crippen LogP contribution in [0.5, 0.6) is 0 Å². The van der Waals surface area contributed by atoms with Crippen LogP contribution in [0.3, 0.4) is 0 Å². The summed E-state index contributed by atoms with van der Waals surface area (Å²) < 4.78 is 122. The Morgan fingerprint density at radius 3 is 2.09 bits per heavy atom. The van der Waals surface area contributed by atoms with Gasteiger partial charge in [0.2, 0.25) is 0 Å². The molecule has 1 aliphatic carbocycles. The minimum absolute atomic E-state index is 0.0127. The summed E-state index contributed by atoms with van der Waals surface area (Å²) in [6, 6.07) is 5.69. The number of fused-ring (bicyclic) bond motifs is 1. The predicted octanol–water partition coefficient (Wildman–Crippen LogP) is 7.23. The van der Waals surface area contributed by atoms with E-state index in [9.17, 15) is 39.5 Å². The maximum absolute atomic E-state index is 13.5. The van der Waals surface area contributed by atoms with Gasteiger partial charge in [-0.1, -0.05) is 30.3 Å². The lowest BCUT2D eigenvalue weighted by Gasteiger charge is -2.20. The molecule has 4 rings (SSSR count). The zero-order valence-electron chi connectivity index (χ0n) is 16.7. The van der Waals surface area contributed by atoms with Gasteiger partial charge in [-0.15, -0.1) is 0 Å². The molecular formula is C22H17F9N2. The Kier molecular flexibility index (Phi) is 5.27. The van der Waals surface area contributed by atoms with Crippen molar-refractivity contribution in [1.29, 1.82) is 0 Å². The molecule has 2 aromatic carbocycles. The van der Waals surface area contributed by atoms with Gasteiger partial charge in [0.25, 0.3) is 0 Å². The average molecular weight is 480 g/mol. The molecule has 33 heavy (non-hydrogen) atoms. The number of hydrogen-bond donors (Lipinski definition) is 1. The van der Waals surface area contributed by atoms with Crippen molar-refractivity contribution in [3.8, 4) is 11.1 Å². The summed E-state index contributed by atoms with van der Waals surface area (Å²) in [5, 5.41) is -0.0639. The van der Waals surface area contributed by atoms with Crippen molar-refractivity contribution in [1.82, 2.24) is 4.57 Å². The van der Waals surface area contributed by atoms with Crippen LogP contribution in [-0.4, -0.2) is 16.9 Å². The second kappa shape index (κ2) is 7.41. The van der Waals surface area contributed by atoms with Gasteiger partial charge >= 0.3 is 18.5 Å². The highest BCUT2D eigenvalue weighted by molar-refractivity contribution is 5.89. The standard InChI is InChI=1S/C22H17F9N2/c23-20(24,25)16-4-2-1-3-13(16)12-5-6-14-15(18(32)21(26,27)28)10-33(17(14)9-12)11-19(7-8-19)22(29,30)31/h1-6,9-10,18H,7-8,11,32H2/t18-/m0/s1. The molecule has 1 fully saturated rings. The Labute approximate surface area is 181 Å². The highest BCUT2D eigenvalue weighted by Crippen LogP contribution is 2.59. The molecule has 1 aromatic heterocycles. The van der Waals surface area contributed by atoms with Crippen LogP contribution < -0.4 is 5.73 Å². The first kappa shape index (κ1) is 23.5. The smallest absolute Gasteiger partial charge is 0.346 e. The van der Waals surface area contributed by atoms with Crippen LogP contribution in [0, 0.1) is 5.41 Å². The minimum atomic E-state index is -4.86. The number of aromatic nitrogens is 1. The van der Waals surface area contributed by atoms with E-state index in [-0.39, 0.29) is 34.9 Å². The molecule has 2 nitrogen and oxygen atoms in total. The summed E-state index contributed by atoms with van der Waals surface area (Å²) >= 11 is 0. The van der Waals surface area contributed by atoms with Gasteiger partial charge in [0.1, 0.15) is 6.04 Å². The van der Waals surface area contributed by atoms with Crippen LogP contribution in [0.4, 0.5) is 39.5 Å². The van der Waals surface area contributed by atoms with Crippen LogP contribution in [0.2, 0.25) is 0 Å². The Morgan fingerprint density at radius 2 is 1.55 bits per heavy atom. The maximum atomic E-state index is 13.5. The molecule has 11 heteroatoms. The Bertz CT molecular complexity index is 1180. The quantitative estimate of drug-likeness (QED) is 0.393. The lowest BCUT2D eigenvalue weighted by atomic mass is 9.97. The number of benzene rings is 2. The molecular weight excluding hydrogens is 463 g/mol. The number of alkyl halides is 9. The Hall–Kier alpha value is -2.69. The summed E-state index contributed by atoms with van der Waals surface area (Å²) in [6.07, 6.45) is -13.6. The van der Waals surface area contributed by atoms with Crippen molar-refractivity contribution in [2.45, 2.75) is 44.0 Å². The van der Waals surface area contributed by atoms with E-state index in [1.807, 2.05) is 0 Å². The molecule has 0 aliphatic heterocycles. The topological polar surface area (TPSA) is 30.9 Å². The van der Waals surface area contributed by atoms with Crippen molar-refractivity contribution in [3.05, 3.63) is 59.8 Å². The van der Waals surface area contributed by atoms with E-state index in [1.165, 1.54) is 36.4 Å². The number of nitrogens with two attached hydrogens (primary N) is 1. The first-order chi connectivity index (χ1) is 15.1. The maximum Gasteiger partial charge on any atom is 0.417 e. The largest absolute Gasteiger partial charge is 0.417 e. The highest BCUT2D eigenvalue weighted by Gasteiger charge is 2.63. The average Bonchev–Trinajstić information content (AvgIpc) is 3.42. The second-order valence-electron chi connectivity index (χ2n) is 8.28. The van der Waals surface area contributed by atoms with E-state index in [4.69, 9.17) is 5.73 Å². The molecule has 1 aliphatic rings. The third-order valence-corrected chi connectivity index (χ3v) is 6.07. The minimum Gasteiger partial charge on any atom is -0.346 e. The van der Waals surface area contributed by atoms with Crippen LogP contribution >= 0.6 is 0 Å². The van der Waals surface area contributed by atoms with Gasteiger partial charge in [0, 0.05) is 29.2 Å². The monoisotopic (exact) mass is 480 g/mol. The van der Waals surface area contributed by atoms with Gasteiger partial charge in [-0.25, -0.2) is 0 Å². The first-order valence-corrected chi connectivity index (χ1v) is 9.82. The van der Waals surface area contributed by atoms with Crippen molar-refractivity contribution >= 4 is 10.9 Å².